The molecule has 1 heterocycles. The van der Waals surface area contributed by atoms with Crippen molar-refractivity contribution in [1.29, 1.82) is 0 Å². The summed E-state index contributed by atoms with van der Waals surface area (Å²) in [5.74, 6) is -1.80. The Bertz CT molecular complexity index is 659. The molecular weight excluding hydrogens is 329 g/mol. The van der Waals surface area contributed by atoms with E-state index in [9.17, 15) is 22.9 Å². The first-order valence-corrected chi connectivity index (χ1v) is 8.27. The Morgan fingerprint density at radius 2 is 2.24 bits per heavy atom. The van der Waals surface area contributed by atoms with Gasteiger partial charge in [-0.15, -0.1) is 0 Å². The normalized spacial score (nSPS) is 18.7. The van der Waals surface area contributed by atoms with Crippen LogP contribution < -0.4 is 4.74 Å². The molecule has 7 nitrogen and oxygen atoms in total. The predicted octanol–water partition coefficient (Wildman–Crippen LogP) is 2.22. The second kappa shape index (κ2) is 6.12. The number of non-ortho nitro benzene ring substituents is 1. The zero-order valence-corrected chi connectivity index (χ0v) is 12.2. The summed E-state index contributed by atoms with van der Waals surface area (Å²) in [5, 5.41) is 10.7. The molecular formula is C11H11ClFNO6S. The van der Waals surface area contributed by atoms with Crippen LogP contribution in [0.4, 0.5) is 10.1 Å². The van der Waals surface area contributed by atoms with E-state index in [4.69, 9.17) is 20.2 Å². The van der Waals surface area contributed by atoms with Crippen LogP contribution in [0.3, 0.4) is 0 Å². The predicted molar refractivity (Wildman–Crippen MR) is 70.6 cm³/mol. The second-order valence-corrected chi connectivity index (χ2v) is 6.93. The quantitative estimate of drug-likeness (QED) is 0.463. The maximum absolute atomic E-state index is 13.9. The van der Waals surface area contributed by atoms with E-state index in [1.165, 1.54) is 0 Å². The van der Waals surface area contributed by atoms with Gasteiger partial charge in [0.05, 0.1) is 17.1 Å². The molecule has 0 spiro atoms. The van der Waals surface area contributed by atoms with Crippen molar-refractivity contribution in [2.45, 2.75) is 23.8 Å². The molecule has 1 aromatic carbocycles. The van der Waals surface area contributed by atoms with Crippen LogP contribution in [0.25, 0.3) is 0 Å². The molecule has 1 saturated heterocycles. The second-order valence-electron chi connectivity index (χ2n) is 4.40. The lowest BCUT2D eigenvalue weighted by Crippen LogP contribution is -2.17. The van der Waals surface area contributed by atoms with Crippen LogP contribution in [0.1, 0.15) is 12.8 Å². The van der Waals surface area contributed by atoms with Gasteiger partial charge in [0.2, 0.25) is 0 Å². The van der Waals surface area contributed by atoms with Crippen molar-refractivity contribution in [3.05, 3.63) is 28.1 Å². The van der Waals surface area contributed by atoms with Gasteiger partial charge in [-0.1, -0.05) is 0 Å². The minimum absolute atomic E-state index is 0.0614. The molecule has 0 amide bonds. The Kier molecular flexibility index (Phi) is 4.64. The summed E-state index contributed by atoms with van der Waals surface area (Å²) in [4.78, 5) is 8.96. The number of benzene rings is 1. The summed E-state index contributed by atoms with van der Waals surface area (Å²) >= 11 is 0. The van der Waals surface area contributed by atoms with Gasteiger partial charge in [-0.25, -0.2) is 12.8 Å². The van der Waals surface area contributed by atoms with E-state index in [0.29, 0.717) is 25.2 Å². The van der Waals surface area contributed by atoms with E-state index in [1.54, 1.807) is 0 Å². The van der Waals surface area contributed by atoms with Crippen molar-refractivity contribution >= 4 is 25.4 Å². The molecule has 1 aliphatic rings. The summed E-state index contributed by atoms with van der Waals surface area (Å²) in [5.41, 5.74) is -0.726. The first-order valence-electron chi connectivity index (χ1n) is 5.96. The number of rotatable bonds is 5. The first-order chi connectivity index (χ1) is 9.79. The highest BCUT2D eigenvalue weighted by atomic mass is 35.7. The molecule has 21 heavy (non-hydrogen) atoms. The molecule has 1 unspecified atom stereocenters. The molecule has 1 aliphatic heterocycles. The van der Waals surface area contributed by atoms with Gasteiger partial charge < -0.3 is 9.47 Å². The summed E-state index contributed by atoms with van der Waals surface area (Å²) in [6.45, 7) is 0.492. The fourth-order valence-corrected chi connectivity index (χ4v) is 2.92. The van der Waals surface area contributed by atoms with Gasteiger partial charge in [-0.3, -0.25) is 10.1 Å². The molecule has 1 aromatic rings. The molecule has 0 bridgehead atoms. The third-order valence-corrected chi connectivity index (χ3v) is 4.23. The molecule has 0 aromatic heterocycles. The van der Waals surface area contributed by atoms with Crippen LogP contribution in [0, 0.1) is 15.9 Å². The lowest BCUT2D eigenvalue weighted by molar-refractivity contribution is -0.385. The number of hydrogen-bond donors (Lipinski definition) is 0. The Morgan fingerprint density at radius 3 is 2.76 bits per heavy atom. The maximum Gasteiger partial charge on any atom is 0.273 e. The zero-order chi connectivity index (χ0) is 15.6. The molecule has 0 N–H and O–H groups in total. The van der Waals surface area contributed by atoms with Crippen LogP contribution in [-0.2, 0) is 13.8 Å². The van der Waals surface area contributed by atoms with E-state index in [1.807, 2.05) is 0 Å². The molecule has 0 aliphatic carbocycles. The first kappa shape index (κ1) is 15.9. The van der Waals surface area contributed by atoms with Gasteiger partial charge in [-0.2, -0.15) is 0 Å². The molecule has 0 radical (unpaired) electrons. The van der Waals surface area contributed by atoms with Gasteiger partial charge in [-0.05, 0) is 12.8 Å². The Labute approximate surface area is 124 Å². The SMILES string of the molecule is O=[N+]([O-])c1cc(F)c(OCC2CCCO2)c(S(=O)(=O)Cl)c1. The molecule has 10 heteroatoms. The van der Waals surface area contributed by atoms with E-state index in [-0.39, 0.29) is 12.7 Å². The van der Waals surface area contributed by atoms with Crippen LogP contribution >= 0.6 is 10.7 Å². The minimum atomic E-state index is -4.40. The van der Waals surface area contributed by atoms with E-state index in [2.05, 4.69) is 0 Å². The summed E-state index contributed by atoms with van der Waals surface area (Å²) in [6, 6.07) is 1.24. The highest BCUT2D eigenvalue weighted by Crippen LogP contribution is 2.34. The molecule has 1 atom stereocenters. The molecule has 116 valence electrons. The summed E-state index contributed by atoms with van der Waals surface area (Å²) in [6.07, 6.45) is 1.26. The topological polar surface area (TPSA) is 95.7 Å². The van der Waals surface area contributed by atoms with E-state index >= 15 is 0 Å². The average molecular weight is 340 g/mol. The van der Waals surface area contributed by atoms with E-state index in [0.717, 1.165) is 6.42 Å². The molecule has 1 fully saturated rings. The summed E-state index contributed by atoms with van der Waals surface area (Å²) < 4.78 is 47.2. The van der Waals surface area contributed by atoms with Crippen molar-refractivity contribution in [3.63, 3.8) is 0 Å². The van der Waals surface area contributed by atoms with Crippen molar-refractivity contribution < 1.29 is 27.2 Å². The van der Waals surface area contributed by atoms with Gasteiger partial charge in [0.1, 0.15) is 11.5 Å². The zero-order valence-electron chi connectivity index (χ0n) is 10.6. The number of nitrogens with zero attached hydrogens (tertiary/aromatic N) is 1. The number of nitro benzene ring substituents is 1. The standard InChI is InChI=1S/C11H11ClFNO6S/c12-21(17,18)10-5-7(14(15)16)4-9(13)11(10)20-6-8-2-1-3-19-8/h4-5,8H,1-3,6H2. The Morgan fingerprint density at radius 1 is 1.52 bits per heavy atom. The van der Waals surface area contributed by atoms with Gasteiger partial charge in [0, 0.05) is 23.4 Å². The van der Waals surface area contributed by atoms with Crippen LogP contribution in [0.15, 0.2) is 17.0 Å². The van der Waals surface area contributed by atoms with Crippen LogP contribution in [0.2, 0.25) is 0 Å². The minimum Gasteiger partial charge on any atom is -0.486 e. The average Bonchev–Trinajstić information content (AvgIpc) is 2.88. The highest BCUT2D eigenvalue weighted by Gasteiger charge is 2.27. The number of halogens is 2. The summed E-state index contributed by atoms with van der Waals surface area (Å²) in [7, 11) is 0.784. The Hall–Kier alpha value is -1.45. The largest absolute Gasteiger partial charge is 0.486 e. The lowest BCUT2D eigenvalue weighted by atomic mass is 10.2. The monoisotopic (exact) mass is 339 g/mol. The van der Waals surface area contributed by atoms with Crippen LogP contribution in [-0.4, -0.2) is 32.7 Å². The number of hydrogen-bond acceptors (Lipinski definition) is 6. The van der Waals surface area contributed by atoms with Crippen molar-refractivity contribution in [2.24, 2.45) is 0 Å². The van der Waals surface area contributed by atoms with E-state index < -0.39 is 36.1 Å². The molecule has 0 saturated carbocycles. The fourth-order valence-electron chi connectivity index (χ4n) is 1.93. The number of ether oxygens (including phenoxy) is 2. The highest BCUT2D eigenvalue weighted by molar-refractivity contribution is 8.13. The Balaban J connectivity index is 2.35. The van der Waals surface area contributed by atoms with Gasteiger partial charge in [0.15, 0.2) is 11.6 Å². The van der Waals surface area contributed by atoms with Crippen LogP contribution in [0.5, 0.6) is 5.75 Å². The van der Waals surface area contributed by atoms with Gasteiger partial charge in [0.25, 0.3) is 14.7 Å². The fraction of sp³-hybridized carbons (Fsp3) is 0.455. The molecule has 2 rings (SSSR count). The van der Waals surface area contributed by atoms with Crippen molar-refractivity contribution in [1.82, 2.24) is 0 Å². The van der Waals surface area contributed by atoms with Crippen molar-refractivity contribution in [3.8, 4) is 5.75 Å². The lowest BCUT2D eigenvalue weighted by Gasteiger charge is -2.14. The number of nitro groups is 1. The third-order valence-electron chi connectivity index (χ3n) is 2.91. The maximum atomic E-state index is 13.9. The third kappa shape index (κ3) is 3.80. The smallest absolute Gasteiger partial charge is 0.273 e. The van der Waals surface area contributed by atoms with Gasteiger partial charge >= 0.3 is 0 Å². The van der Waals surface area contributed by atoms with Crippen molar-refractivity contribution in [2.75, 3.05) is 13.2 Å².